The number of rotatable bonds is 6. The fourth-order valence-electron chi connectivity index (χ4n) is 1.38. The molecule has 4 heteroatoms. The van der Waals surface area contributed by atoms with E-state index in [1.807, 2.05) is 24.3 Å². The van der Waals surface area contributed by atoms with Gasteiger partial charge in [0.25, 0.3) is 0 Å². The summed E-state index contributed by atoms with van der Waals surface area (Å²) in [6.45, 7) is 2.80. The molecule has 0 saturated carbocycles. The van der Waals surface area contributed by atoms with Crippen LogP contribution in [-0.2, 0) is 9.47 Å². The van der Waals surface area contributed by atoms with E-state index in [4.69, 9.17) is 18.9 Å². The molecule has 0 spiro atoms. The third-order valence-corrected chi connectivity index (χ3v) is 2.50. The van der Waals surface area contributed by atoms with E-state index in [9.17, 15) is 0 Å². The average molecular weight is 222 g/mol. The summed E-state index contributed by atoms with van der Waals surface area (Å²) >= 11 is 0. The van der Waals surface area contributed by atoms with E-state index >= 15 is 0 Å². The normalized spacial score (nSPS) is 26.2. The Morgan fingerprint density at radius 3 is 1.75 bits per heavy atom. The van der Waals surface area contributed by atoms with Gasteiger partial charge < -0.3 is 18.9 Å². The predicted octanol–water partition coefficient (Wildman–Crippen LogP) is 1.24. The van der Waals surface area contributed by atoms with E-state index < -0.39 is 0 Å². The van der Waals surface area contributed by atoms with E-state index in [0.717, 1.165) is 24.7 Å². The van der Waals surface area contributed by atoms with Crippen molar-refractivity contribution in [2.75, 3.05) is 26.4 Å². The zero-order valence-corrected chi connectivity index (χ0v) is 8.93. The lowest BCUT2D eigenvalue weighted by atomic mass is 10.3. The lowest BCUT2D eigenvalue weighted by Crippen LogP contribution is -2.08. The van der Waals surface area contributed by atoms with Gasteiger partial charge in [0.2, 0.25) is 0 Å². The first-order valence-electron chi connectivity index (χ1n) is 5.49. The first-order valence-corrected chi connectivity index (χ1v) is 5.49. The van der Waals surface area contributed by atoms with Crippen LogP contribution in [0.25, 0.3) is 0 Å². The van der Waals surface area contributed by atoms with E-state index in [2.05, 4.69) is 0 Å². The van der Waals surface area contributed by atoms with E-state index in [1.54, 1.807) is 0 Å². The molecule has 0 amide bonds. The van der Waals surface area contributed by atoms with E-state index in [1.165, 1.54) is 0 Å². The van der Waals surface area contributed by atoms with Gasteiger partial charge in [-0.25, -0.2) is 0 Å². The summed E-state index contributed by atoms with van der Waals surface area (Å²) in [5, 5.41) is 0. The largest absolute Gasteiger partial charge is 0.487 e. The molecular formula is C12H14O4. The molecule has 1 aromatic carbocycles. The first-order chi connectivity index (χ1) is 7.92. The highest BCUT2D eigenvalue weighted by Gasteiger charge is 2.25. The van der Waals surface area contributed by atoms with Crippen molar-refractivity contribution in [3.05, 3.63) is 24.3 Å². The summed E-state index contributed by atoms with van der Waals surface area (Å²) in [7, 11) is 0. The topological polar surface area (TPSA) is 43.5 Å². The molecule has 2 heterocycles. The molecule has 86 valence electrons. The zero-order chi connectivity index (χ0) is 10.8. The summed E-state index contributed by atoms with van der Waals surface area (Å²) in [5.74, 6) is 1.55. The van der Waals surface area contributed by atoms with Gasteiger partial charge in [-0.3, -0.25) is 0 Å². The molecule has 0 N–H and O–H groups in total. The van der Waals surface area contributed by atoms with Crippen LogP contribution in [0, 0.1) is 0 Å². The molecule has 1 aromatic rings. The minimum atomic E-state index is 0.264. The molecule has 2 aliphatic heterocycles. The molecule has 2 fully saturated rings. The highest BCUT2D eigenvalue weighted by Crippen LogP contribution is 2.28. The van der Waals surface area contributed by atoms with Crippen molar-refractivity contribution in [3.63, 3.8) is 0 Å². The minimum Gasteiger partial charge on any atom is -0.487 e. The maximum atomic E-state index is 5.62. The predicted molar refractivity (Wildman–Crippen MR) is 56.9 cm³/mol. The number of hydrogen-bond donors (Lipinski definition) is 0. The average Bonchev–Trinajstić information content (AvgIpc) is 3.17. The Morgan fingerprint density at radius 2 is 1.38 bits per heavy atom. The van der Waals surface area contributed by atoms with Gasteiger partial charge in [0.1, 0.15) is 25.4 Å². The molecule has 0 aliphatic carbocycles. The van der Waals surface area contributed by atoms with Gasteiger partial charge in [0.05, 0.1) is 13.2 Å². The SMILES string of the molecule is c1ccc(OC[C@H]2CO2)c(OC[C@H]2CO2)c1. The van der Waals surface area contributed by atoms with Gasteiger partial charge in [-0.1, -0.05) is 12.1 Å². The lowest BCUT2D eigenvalue weighted by Gasteiger charge is -2.10. The standard InChI is InChI=1S/C12H14O4/c1-2-4-12(16-8-10-6-14-10)11(3-1)15-7-9-5-13-9/h1-4,9-10H,5-8H2/t9-,10-/m1/s1. The van der Waals surface area contributed by atoms with Crippen LogP contribution in [0.5, 0.6) is 11.5 Å². The van der Waals surface area contributed by atoms with Crippen LogP contribution < -0.4 is 9.47 Å². The number of para-hydroxylation sites is 2. The minimum absolute atomic E-state index is 0.264. The number of ether oxygens (including phenoxy) is 4. The van der Waals surface area contributed by atoms with Crippen LogP contribution in [0.2, 0.25) is 0 Å². The molecule has 3 rings (SSSR count). The Bertz CT molecular complexity index is 323. The molecule has 16 heavy (non-hydrogen) atoms. The molecule has 2 saturated heterocycles. The fourth-order valence-corrected chi connectivity index (χ4v) is 1.38. The van der Waals surface area contributed by atoms with Crippen LogP contribution in [0.1, 0.15) is 0 Å². The van der Waals surface area contributed by atoms with E-state index in [-0.39, 0.29) is 12.2 Å². The Hall–Kier alpha value is -1.26. The van der Waals surface area contributed by atoms with Gasteiger partial charge >= 0.3 is 0 Å². The lowest BCUT2D eigenvalue weighted by molar-refractivity contribution is 0.228. The van der Waals surface area contributed by atoms with Crippen molar-refractivity contribution in [1.29, 1.82) is 0 Å². The second-order valence-corrected chi connectivity index (χ2v) is 3.98. The summed E-state index contributed by atoms with van der Waals surface area (Å²) in [6, 6.07) is 7.68. The second-order valence-electron chi connectivity index (χ2n) is 3.98. The van der Waals surface area contributed by atoms with Gasteiger partial charge in [-0.2, -0.15) is 0 Å². The molecule has 0 bridgehead atoms. The maximum Gasteiger partial charge on any atom is 0.161 e. The molecule has 0 aromatic heterocycles. The van der Waals surface area contributed by atoms with Crippen molar-refractivity contribution in [2.24, 2.45) is 0 Å². The van der Waals surface area contributed by atoms with Crippen molar-refractivity contribution < 1.29 is 18.9 Å². The monoisotopic (exact) mass is 222 g/mol. The second kappa shape index (κ2) is 4.31. The van der Waals surface area contributed by atoms with E-state index in [0.29, 0.717) is 13.2 Å². The summed E-state index contributed by atoms with van der Waals surface area (Å²) in [5.41, 5.74) is 0. The molecule has 4 nitrogen and oxygen atoms in total. The van der Waals surface area contributed by atoms with Gasteiger partial charge in [0, 0.05) is 0 Å². The number of benzene rings is 1. The van der Waals surface area contributed by atoms with Crippen LogP contribution >= 0.6 is 0 Å². The highest BCUT2D eigenvalue weighted by atomic mass is 16.6. The smallest absolute Gasteiger partial charge is 0.161 e. The Balaban J connectivity index is 1.58. The maximum absolute atomic E-state index is 5.62. The fraction of sp³-hybridized carbons (Fsp3) is 0.500. The quantitative estimate of drug-likeness (QED) is 0.679. The molecule has 0 radical (unpaired) electrons. The Labute approximate surface area is 94.1 Å². The molecule has 0 unspecified atom stereocenters. The van der Waals surface area contributed by atoms with Crippen molar-refractivity contribution in [1.82, 2.24) is 0 Å². The molecule has 2 aliphatic rings. The van der Waals surface area contributed by atoms with Crippen molar-refractivity contribution >= 4 is 0 Å². The van der Waals surface area contributed by atoms with Gasteiger partial charge in [0.15, 0.2) is 11.5 Å². The highest BCUT2D eigenvalue weighted by molar-refractivity contribution is 5.39. The van der Waals surface area contributed by atoms with Crippen molar-refractivity contribution in [3.8, 4) is 11.5 Å². The Morgan fingerprint density at radius 1 is 0.938 bits per heavy atom. The van der Waals surface area contributed by atoms with Gasteiger partial charge in [-0.05, 0) is 12.1 Å². The van der Waals surface area contributed by atoms with Crippen molar-refractivity contribution in [2.45, 2.75) is 12.2 Å². The third-order valence-electron chi connectivity index (χ3n) is 2.50. The van der Waals surface area contributed by atoms with Crippen LogP contribution in [0.15, 0.2) is 24.3 Å². The van der Waals surface area contributed by atoms with Gasteiger partial charge in [-0.15, -0.1) is 0 Å². The first kappa shape index (κ1) is 9.93. The summed E-state index contributed by atoms with van der Waals surface area (Å²) < 4.78 is 21.4. The van der Waals surface area contributed by atoms with Crippen LogP contribution in [0.3, 0.4) is 0 Å². The number of hydrogen-bond acceptors (Lipinski definition) is 4. The van der Waals surface area contributed by atoms with Crippen LogP contribution in [0.4, 0.5) is 0 Å². The molecular weight excluding hydrogens is 208 g/mol. The summed E-state index contributed by atoms with van der Waals surface area (Å²) in [4.78, 5) is 0. The number of epoxide rings is 2. The third kappa shape index (κ3) is 2.65. The zero-order valence-electron chi connectivity index (χ0n) is 8.93. The van der Waals surface area contributed by atoms with Crippen LogP contribution in [-0.4, -0.2) is 38.6 Å². The summed E-state index contributed by atoms with van der Waals surface area (Å²) in [6.07, 6.45) is 0.527. The Kier molecular flexibility index (Phi) is 2.68. The molecule has 2 atom stereocenters.